The van der Waals surface area contributed by atoms with Gasteiger partial charge in [-0.25, -0.2) is 0 Å². The van der Waals surface area contributed by atoms with Crippen molar-refractivity contribution in [2.24, 2.45) is 5.92 Å². The van der Waals surface area contributed by atoms with Crippen molar-refractivity contribution in [3.63, 3.8) is 0 Å². The Balaban J connectivity index is 1.85. The van der Waals surface area contributed by atoms with Crippen molar-refractivity contribution in [3.8, 4) is 0 Å². The second kappa shape index (κ2) is 5.13. The Morgan fingerprint density at radius 1 is 1.53 bits per heavy atom. The molecule has 0 aliphatic carbocycles. The molecule has 0 radical (unpaired) electrons. The van der Waals surface area contributed by atoms with Crippen LogP contribution in [0, 0.1) is 5.92 Å². The summed E-state index contributed by atoms with van der Waals surface area (Å²) >= 11 is 0. The molecule has 1 saturated heterocycles. The van der Waals surface area contributed by atoms with Gasteiger partial charge in [-0.1, -0.05) is 0 Å². The highest BCUT2D eigenvalue weighted by Crippen LogP contribution is 2.16. The number of piperidine rings is 1. The van der Waals surface area contributed by atoms with Crippen LogP contribution in [0.25, 0.3) is 0 Å². The zero-order valence-corrected chi connectivity index (χ0v) is 9.62. The van der Waals surface area contributed by atoms with Gasteiger partial charge in [0.15, 0.2) is 5.82 Å². The van der Waals surface area contributed by atoms with Crippen molar-refractivity contribution in [2.45, 2.75) is 19.4 Å². The normalized spacial score (nSPS) is 17.4. The van der Waals surface area contributed by atoms with Gasteiger partial charge in [0.2, 0.25) is 5.91 Å². The Morgan fingerprint density at radius 2 is 2.24 bits per heavy atom. The molecule has 3 N–H and O–H groups in total. The van der Waals surface area contributed by atoms with Gasteiger partial charge in [0, 0.05) is 19.7 Å². The molecule has 1 aromatic rings. The monoisotopic (exact) mass is 239 g/mol. The lowest BCUT2D eigenvalue weighted by Gasteiger charge is -2.30. The van der Waals surface area contributed by atoms with Crippen LogP contribution in [0.3, 0.4) is 0 Å². The number of aliphatic hydroxyl groups excluding tert-OH is 1. The lowest BCUT2D eigenvalue weighted by molar-refractivity contribution is -0.133. The summed E-state index contributed by atoms with van der Waals surface area (Å²) in [6, 6.07) is 0. The molecule has 1 aliphatic rings. The molecule has 0 atom stereocenters. The van der Waals surface area contributed by atoms with E-state index in [1.165, 1.54) is 11.0 Å². The number of hydrogen-bond acceptors (Lipinski definition) is 5. The molecule has 2 rings (SSSR count). The Kier molecular flexibility index (Phi) is 3.58. The van der Waals surface area contributed by atoms with Crippen LogP contribution in [0.1, 0.15) is 12.8 Å². The highest BCUT2D eigenvalue weighted by molar-refractivity contribution is 5.75. The predicted molar refractivity (Wildman–Crippen MR) is 60.8 cm³/mol. The van der Waals surface area contributed by atoms with Crippen LogP contribution in [0.4, 0.5) is 5.82 Å². The number of hydrogen-bond donors (Lipinski definition) is 2. The number of anilines is 1. The van der Waals surface area contributed by atoms with E-state index in [0.29, 0.717) is 24.8 Å². The molecular formula is C10H17N5O2. The number of rotatable bonds is 3. The molecule has 0 spiro atoms. The molecule has 0 unspecified atom stereocenters. The standard InChI is InChI=1S/C10H17N5O2/c11-9-5-12-15(13-9)6-10(17)14-3-1-8(7-16)2-4-14/h5,8,16H,1-4,6-7H2,(H2,11,13). The summed E-state index contributed by atoms with van der Waals surface area (Å²) in [6.45, 7) is 1.72. The largest absolute Gasteiger partial charge is 0.396 e. The fraction of sp³-hybridized carbons (Fsp3) is 0.700. The molecule has 1 aliphatic heterocycles. The van der Waals surface area contributed by atoms with Gasteiger partial charge in [0.25, 0.3) is 0 Å². The lowest BCUT2D eigenvalue weighted by Crippen LogP contribution is -2.41. The van der Waals surface area contributed by atoms with E-state index in [1.807, 2.05) is 0 Å². The van der Waals surface area contributed by atoms with Crippen LogP contribution >= 0.6 is 0 Å². The van der Waals surface area contributed by atoms with Gasteiger partial charge in [-0.3, -0.25) is 4.79 Å². The second-order valence-electron chi connectivity index (χ2n) is 4.31. The molecule has 1 fully saturated rings. The third-order valence-corrected chi connectivity index (χ3v) is 3.06. The van der Waals surface area contributed by atoms with Crippen molar-refractivity contribution in [3.05, 3.63) is 6.20 Å². The van der Waals surface area contributed by atoms with Crippen LogP contribution < -0.4 is 5.73 Å². The SMILES string of the molecule is Nc1cnn(CC(=O)N2CCC(CO)CC2)n1. The fourth-order valence-electron chi connectivity index (χ4n) is 1.97. The molecule has 1 aromatic heterocycles. The maximum Gasteiger partial charge on any atom is 0.246 e. The van der Waals surface area contributed by atoms with Gasteiger partial charge >= 0.3 is 0 Å². The van der Waals surface area contributed by atoms with E-state index in [0.717, 1.165) is 12.8 Å². The third kappa shape index (κ3) is 2.94. The first-order valence-electron chi connectivity index (χ1n) is 5.73. The number of aliphatic hydroxyl groups is 1. The average Bonchev–Trinajstić information content (AvgIpc) is 2.75. The first-order valence-corrected chi connectivity index (χ1v) is 5.73. The topological polar surface area (TPSA) is 97.3 Å². The summed E-state index contributed by atoms with van der Waals surface area (Å²) in [4.78, 5) is 15.0. The van der Waals surface area contributed by atoms with Gasteiger partial charge in [-0.2, -0.15) is 9.90 Å². The molecule has 0 saturated carbocycles. The predicted octanol–water partition coefficient (Wildman–Crippen LogP) is -0.909. The average molecular weight is 239 g/mol. The van der Waals surface area contributed by atoms with E-state index in [4.69, 9.17) is 10.8 Å². The van der Waals surface area contributed by atoms with E-state index in [9.17, 15) is 4.79 Å². The zero-order valence-electron chi connectivity index (χ0n) is 9.62. The fourth-order valence-corrected chi connectivity index (χ4v) is 1.97. The van der Waals surface area contributed by atoms with Gasteiger partial charge in [-0.15, -0.1) is 5.10 Å². The minimum atomic E-state index is -0.00279. The van der Waals surface area contributed by atoms with E-state index in [-0.39, 0.29) is 19.1 Å². The summed E-state index contributed by atoms with van der Waals surface area (Å²) in [5, 5.41) is 16.8. The van der Waals surface area contributed by atoms with E-state index >= 15 is 0 Å². The van der Waals surface area contributed by atoms with Crippen molar-refractivity contribution in [2.75, 3.05) is 25.4 Å². The molecule has 94 valence electrons. The molecule has 17 heavy (non-hydrogen) atoms. The van der Waals surface area contributed by atoms with Crippen LogP contribution in [0.5, 0.6) is 0 Å². The Hall–Kier alpha value is -1.63. The number of nitrogen functional groups attached to an aromatic ring is 1. The van der Waals surface area contributed by atoms with E-state index < -0.39 is 0 Å². The third-order valence-electron chi connectivity index (χ3n) is 3.06. The van der Waals surface area contributed by atoms with Crippen molar-refractivity contribution in [1.29, 1.82) is 0 Å². The molecule has 1 amide bonds. The van der Waals surface area contributed by atoms with E-state index in [2.05, 4.69) is 10.2 Å². The summed E-state index contributed by atoms with van der Waals surface area (Å²) in [6.07, 6.45) is 3.14. The molecule has 0 bridgehead atoms. The smallest absolute Gasteiger partial charge is 0.246 e. The summed E-state index contributed by atoms with van der Waals surface area (Å²) in [5.41, 5.74) is 5.42. The first-order chi connectivity index (χ1) is 8.19. The number of carbonyl (C=O) groups is 1. The number of likely N-dealkylation sites (tertiary alicyclic amines) is 1. The van der Waals surface area contributed by atoms with Crippen molar-refractivity contribution in [1.82, 2.24) is 19.9 Å². The minimum Gasteiger partial charge on any atom is -0.396 e. The van der Waals surface area contributed by atoms with Gasteiger partial charge in [0.05, 0.1) is 6.20 Å². The molecule has 7 nitrogen and oxygen atoms in total. The summed E-state index contributed by atoms with van der Waals surface area (Å²) in [5.74, 6) is 0.645. The second-order valence-corrected chi connectivity index (χ2v) is 4.31. The number of carbonyl (C=O) groups excluding carboxylic acids is 1. The van der Waals surface area contributed by atoms with Crippen LogP contribution in [0.15, 0.2) is 6.20 Å². The molecular weight excluding hydrogens is 222 g/mol. The molecule has 0 aromatic carbocycles. The molecule has 7 heteroatoms. The zero-order chi connectivity index (χ0) is 12.3. The first kappa shape index (κ1) is 11.8. The number of aromatic nitrogens is 3. The number of nitrogens with two attached hydrogens (primary N) is 1. The highest BCUT2D eigenvalue weighted by Gasteiger charge is 2.22. The van der Waals surface area contributed by atoms with Gasteiger partial charge in [0.1, 0.15) is 6.54 Å². The number of nitrogens with zero attached hydrogens (tertiary/aromatic N) is 4. The maximum absolute atomic E-state index is 11.9. The Morgan fingerprint density at radius 3 is 2.76 bits per heavy atom. The van der Waals surface area contributed by atoms with E-state index in [1.54, 1.807) is 4.90 Å². The highest BCUT2D eigenvalue weighted by atomic mass is 16.3. The van der Waals surface area contributed by atoms with Gasteiger partial charge < -0.3 is 15.7 Å². The quantitative estimate of drug-likeness (QED) is 0.711. The summed E-state index contributed by atoms with van der Waals surface area (Å²) in [7, 11) is 0. The lowest BCUT2D eigenvalue weighted by atomic mass is 9.98. The maximum atomic E-state index is 11.9. The van der Waals surface area contributed by atoms with Crippen LogP contribution in [0.2, 0.25) is 0 Å². The van der Waals surface area contributed by atoms with Crippen molar-refractivity contribution >= 4 is 11.7 Å². The van der Waals surface area contributed by atoms with Crippen molar-refractivity contribution < 1.29 is 9.90 Å². The molecule has 2 heterocycles. The van der Waals surface area contributed by atoms with Crippen LogP contribution in [-0.2, 0) is 11.3 Å². The van der Waals surface area contributed by atoms with Gasteiger partial charge in [-0.05, 0) is 18.8 Å². The Labute approximate surface area is 99.2 Å². The minimum absolute atomic E-state index is 0.00279. The number of amides is 1. The summed E-state index contributed by atoms with van der Waals surface area (Å²) < 4.78 is 0. The van der Waals surface area contributed by atoms with Crippen LogP contribution in [-0.4, -0.2) is 50.6 Å². The Bertz CT molecular complexity index is 384.